The van der Waals surface area contributed by atoms with Gasteiger partial charge in [0.2, 0.25) is 0 Å². The minimum Gasteiger partial charge on any atom is -0.443 e. The highest BCUT2D eigenvalue weighted by Crippen LogP contribution is 2.39. The lowest BCUT2D eigenvalue weighted by atomic mass is 9.97. The summed E-state index contributed by atoms with van der Waals surface area (Å²) < 4.78 is 24.1. The number of aromatic nitrogens is 1. The van der Waals surface area contributed by atoms with E-state index in [-0.39, 0.29) is 11.9 Å². The maximum atomic E-state index is 13.2. The van der Waals surface area contributed by atoms with Crippen LogP contribution in [0.3, 0.4) is 0 Å². The van der Waals surface area contributed by atoms with Gasteiger partial charge in [-0.25, -0.2) is 0 Å². The molecule has 1 N–H and O–H groups in total. The smallest absolute Gasteiger partial charge is 0.364 e. The summed E-state index contributed by atoms with van der Waals surface area (Å²) in [4.78, 5) is 35.8. The average Bonchev–Trinajstić information content (AvgIpc) is 2.71. The van der Waals surface area contributed by atoms with E-state index in [4.69, 9.17) is 9.26 Å². The molecule has 0 saturated heterocycles. The number of pyridine rings is 1. The first-order valence-corrected chi connectivity index (χ1v) is 11.5. The van der Waals surface area contributed by atoms with Crippen LogP contribution in [-0.2, 0) is 25.4 Å². The van der Waals surface area contributed by atoms with E-state index < -0.39 is 31.3 Å². The van der Waals surface area contributed by atoms with Gasteiger partial charge in [0, 0.05) is 5.56 Å². The summed E-state index contributed by atoms with van der Waals surface area (Å²) >= 11 is 0. The predicted molar refractivity (Wildman–Crippen MR) is 120 cm³/mol. The molecule has 1 unspecified atom stereocenters. The summed E-state index contributed by atoms with van der Waals surface area (Å²) in [5.74, 6) is -0.495. The molecule has 8 heteroatoms. The largest absolute Gasteiger partial charge is 0.443 e. The van der Waals surface area contributed by atoms with Crippen LogP contribution in [0.2, 0.25) is 0 Å². The molecule has 3 aromatic rings. The van der Waals surface area contributed by atoms with Crippen LogP contribution in [0, 0.1) is 5.41 Å². The fourth-order valence-electron chi connectivity index (χ4n) is 3.18. The molecule has 0 amide bonds. The second-order valence-corrected chi connectivity index (χ2v) is 9.89. The summed E-state index contributed by atoms with van der Waals surface area (Å²) in [5.41, 5.74) is -0.314. The molecule has 0 radical (unpaired) electrons. The van der Waals surface area contributed by atoms with E-state index in [1.54, 1.807) is 33.8 Å². The number of hydrogen-bond donors (Lipinski definition) is 1. The molecule has 0 bridgehead atoms. The maximum absolute atomic E-state index is 13.2. The molecule has 1 heterocycles. The predicted octanol–water partition coefficient (Wildman–Crippen LogP) is 4.06. The van der Waals surface area contributed by atoms with E-state index in [0.717, 1.165) is 16.3 Å². The zero-order valence-electron chi connectivity index (χ0n) is 18.0. The third kappa shape index (κ3) is 4.79. The lowest BCUT2D eigenvalue weighted by Crippen LogP contribution is -2.37. The van der Waals surface area contributed by atoms with Crippen LogP contribution in [-0.4, -0.2) is 22.0 Å². The second-order valence-electron chi connectivity index (χ2n) is 8.11. The van der Waals surface area contributed by atoms with Gasteiger partial charge < -0.3 is 14.2 Å². The summed E-state index contributed by atoms with van der Waals surface area (Å²) in [6.07, 6.45) is 0. The number of hydrogen-bond acceptors (Lipinski definition) is 5. The van der Waals surface area contributed by atoms with Crippen molar-refractivity contribution in [2.45, 2.75) is 34.4 Å². The lowest BCUT2D eigenvalue weighted by molar-refractivity contribution is -0.157. The van der Waals surface area contributed by atoms with Gasteiger partial charge in [0.25, 0.3) is 5.56 Å². The first-order chi connectivity index (χ1) is 14.6. The van der Waals surface area contributed by atoms with Gasteiger partial charge in [-0.3, -0.25) is 18.7 Å². The normalized spacial score (nSPS) is 13.7. The number of carbonyl (C=O) groups excluding carboxylic acids is 1. The topological polar surface area (TPSA) is 94.8 Å². The van der Waals surface area contributed by atoms with Crippen molar-refractivity contribution < 1.29 is 23.5 Å². The Bertz CT molecular complexity index is 1220. The van der Waals surface area contributed by atoms with Crippen molar-refractivity contribution in [3.05, 3.63) is 65.0 Å². The molecule has 0 aliphatic carbocycles. The fraction of sp³-hybridized carbons (Fsp3) is 0.304. The minimum absolute atomic E-state index is 0.0305. The van der Waals surface area contributed by atoms with Crippen LogP contribution < -0.4 is 10.9 Å². The van der Waals surface area contributed by atoms with Crippen LogP contribution in [0.15, 0.2) is 59.4 Å². The maximum Gasteiger partial charge on any atom is 0.364 e. The van der Waals surface area contributed by atoms with Gasteiger partial charge in [-0.2, -0.15) is 0 Å². The van der Waals surface area contributed by atoms with Gasteiger partial charge >= 0.3 is 13.6 Å². The number of rotatable bonds is 6. The van der Waals surface area contributed by atoms with E-state index in [0.29, 0.717) is 5.69 Å². The summed E-state index contributed by atoms with van der Waals surface area (Å²) in [5, 5.41) is 1.49. The van der Waals surface area contributed by atoms with Crippen LogP contribution in [0.5, 0.6) is 0 Å². The number of nitrogens with zero attached hydrogens (tertiary/aromatic N) is 1. The molecule has 0 spiro atoms. The van der Waals surface area contributed by atoms with Crippen LogP contribution in [0.25, 0.3) is 22.0 Å². The van der Waals surface area contributed by atoms with Gasteiger partial charge in [-0.15, -0.1) is 0 Å². The molecule has 3 rings (SSSR count). The molecule has 7 nitrogen and oxygen atoms in total. The van der Waals surface area contributed by atoms with Gasteiger partial charge in [0.1, 0.15) is 5.30 Å². The third-order valence-corrected chi connectivity index (χ3v) is 6.32. The molecule has 1 atom stereocenters. The number of ether oxygens (including phenoxy) is 1. The monoisotopic (exact) mass is 443 g/mol. The highest BCUT2D eigenvalue weighted by atomic mass is 31.2. The molecule has 1 aromatic heterocycles. The molecule has 2 aromatic carbocycles. The molecular weight excluding hydrogens is 417 g/mol. The first-order valence-electron chi connectivity index (χ1n) is 9.93. The Morgan fingerprint density at radius 3 is 2.42 bits per heavy atom. The van der Waals surface area contributed by atoms with Crippen molar-refractivity contribution in [2.24, 2.45) is 5.41 Å². The van der Waals surface area contributed by atoms with Crippen molar-refractivity contribution in [3.8, 4) is 11.3 Å². The summed E-state index contributed by atoms with van der Waals surface area (Å²) in [6.45, 7) is 6.26. The molecular formula is C23H26NO6P. The number of fused-ring (bicyclic) bond motifs is 1. The van der Waals surface area contributed by atoms with Gasteiger partial charge in [-0.1, -0.05) is 42.5 Å². The number of carbonyl (C=O) groups is 1. The van der Waals surface area contributed by atoms with Crippen molar-refractivity contribution in [2.75, 3.05) is 6.61 Å². The highest BCUT2D eigenvalue weighted by Gasteiger charge is 2.29. The Morgan fingerprint density at radius 2 is 1.74 bits per heavy atom. The van der Waals surface area contributed by atoms with Gasteiger partial charge in [0.15, 0.2) is 6.73 Å². The van der Waals surface area contributed by atoms with Crippen molar-refractivity contribution in [1.29, 1.82) is 0 Å². The van der Waals surface area contributed by atoms with E-state index >= 15 is 0 Å². The van der Waals surface area contributed by atoms with E-state index in [9.17, 15) is 19.0 Å². The van der Waals surface area contributed by atoms with Crippen LogP contribution >= 0.6 is 7.60 Å². The third-order valence-electron chi connectivity index (χ3n) is 4.77. The quantitative estimate of drug-likeness (QED) is 0.456. The van der Waals surface area contributed by atoms with E-state index in [2.05, 4.69) is 0 Å². The Morgan fingerprint density at radius 1 is 1.06 bits per heavy atom. The molecule has 0 fully saturated rings. The standard InChI is InChI=1S/C23H26NO6P/c1-5-30-31(27,28)20-14-13-19(18-12-8-10-16-9-6-7-11-17(16)18)24(21(20)25)15-29-22(26)23(2,3)4/h6-14H,5,15H2,1-4H3,(H,27,28). The summed E-state index contributed by atoms with van der Waals surface area (Å²) in [6, 6.07) is 16.2. The van der Waals surface area contributed by atoms with Crippen LogP contribution in [0.1, 0.15) is 27.7 Å². The molecule has 0 aliphatic heterocycles. The fourth-order valence-corrected chi connectivity index (χ4v) is 4.29. The van der Waals surface area contributed by atoms with Crippen LogP contribution in [0.4, 0.5) is 0 Å². The Hall–Kier alpha value is -2.73. The average molecular weight is 443 g/mol. The zero-order valence-corrected chi connectivity index (χ0v) is 18.9. The van der Waals surface area contributed by atoms with E-state index in [1.807, 2.05) is 42.5 Å². The zero-order chi connectivity index (χ0) is 22.8. The Kier molecular flexibility index (Phi) is 6.51. The first kappa shape index (κ1) is 22.9. The Balaban J connectivity index is 2.21. The SMILES string of the molecule is CCOP(=O)(O)c1ccc(-c2cccc3ccccc23)n(COC(=O)C(C)(C)C)c1=O. The minimum atomic E-state index is -4.32. The van der Waals surface area contributed by atoms with Gasteiger partial charge in [0.05, 0.1) is 17.7 Å². The molecule has 164 valence electrons. The van der Waals surface area contributed by atoms with Crippen molar-refractivity contribution in [1.82, 2.24) is 4.57 Å². The van der Waals surface area contributed by atoms with Gasteiger partial charge in [-0.05, 0) is 50.6 Å². The number of esters is 1. The number of benzene rings is 2. The van der Waals surface area contributed by atoms with Crippen molar-refractivity contribution in [3.63, 3.8) is 0 Å². The molecule has 0 aliphatic rings. The molecule has 31 heavy (non-hydrogen) atoms. The second kappa shape index (κ2) is 8.79. The van der Waals surface area contributed by atoms with Crippen molar-refractivity contribution >= 4 is 29.6 Å². The summed E-state index contributed by atoms with van der Waals surface area (Å²) in [7, 11) is -4.32. The van der Waals surface area contributed by atoms with E-state index in [1.165, 1.54) is 10.6 Å². The highest BCUT2D eigenvalue weighted by molar-refractivity contribution is 7.61. The Labute approximate surface area is 180 Å². The molecule has 0 saturated carbocycles. The lowest BCUT2D eigenvalue weighted by Gasteiger charge is -2.20.